The number of hydrogen-bond acceptors (Lipinski definition) is 3. The molecule has 0 aromatic heterocycles. The van der Waals surface area contributed by atoms with Gasteiger partial charge in [-0.1, -0.05) is 42.5 Å². The molecule has 1 fully saturated rings. The van der Waals surface area contributed by atoms with E-state index in [4.69, 9.17) is 5.26 Å². The van der Waals surface area contributed by atoms with Gasteiger partial charge in [-0.15, -0.1) is 0 Å². The summed E-state index contributed by atoms with van der Waals surface area (Å²) >= 11 is -1.22. The monoisotopic (exact) mass is 352 g/mol. The molecule has 2 atom stereocenters. The minimum atomic E-state index is -1.22. The number of likely N-dealkylation sites (tertiary alicyclic amines) is 1. The van der Waals surface area contributed by atoms with E-state index in [1.165, 1.54) is 5.56 Å². The Bertz CT molecular complexity index is 848. The van der Waals surface area contributed by atoms with E-state index in [-0.39, 0.29) is 6.04 Å². The highest BCUT2D eigenvalue weighted by atomic mass is 32.2. The number of anilines is 1. The van der Waals surface area contributed by atoms with Gasteiger partial charge in [0.15, 0.2) is 17.4 Å². The fourth-order valence-electron chi connectivity index (χ4n) is 3.59. The Labute approximate surface area is 150 Å². The molecule has 2 unspecified atom stereocenters. The quantitative estimate of drug-likeness (QED) is 0.781. The number of nitriles is 1. The number of nitrogens with zero attached hydrogens (tertiary/aromatic N) is 4. The zero-order valence-electron chi connectivity index (χ0n) is 14.1. The van der Waals surface area contributed by atoms with Crippen LogP contribution in [-0.2, 0) is 17.7 Å². The predicted molar refractivity (Wildman–Crippen MR) is 99.6 cm³/mol. The average molecular weight is 352 g/mol. The lowest BCUT2D eigenvalue weighted by molar-refractivity contribution is 0.327. The Morgan fingerprint density at radius 1 is 1.16 bits per heavy atom. The molecule has 2 aromatic carbocycles. The van der Waals surface area contributed by atoms with Gasteiger partial charge in [-0.25, -0.2) is 4.21 Å². The minimum absolute atomic E-state index is 0.157. The van der Waals surface area contributed by atoms with Crippen LogP contribution < -0.4 is 4.31 Å². The molecule has 6 heteroatoms. The Balaban J connectivity index is 1.64. The molecule has 25 heavy (non-hydrogen) atoms. The SMILES string of the molecule is CN1c2cc(-c3ccccc3)ccc2CN(C2CCN(C#N)C2)S1=O. The van der Waals surface area contributed by atoms with Crippen LogP contribution in [0.3, 0.4) is 0 Å². The third kappa shape index (κ3) is 2.90. The first-order chi connectivity index (χ1) is 12.2. The third-order valence-corrected chi connectivity index (χ3v) is 6.50. The third-order valence-electron chi connectivity index (χ3n) is 5.00. The van der Waals surface area contributed by atoms with Crippen molar-refractivity contribution in [3.63, 3.8) is 0 Å². The van der Waals surface area contributed by atoms with Crippen molar-refractivity contribution in [2.75, 3.05) is 24.4 Å². The Kier molecular flexibility index (Phi) is 4.20. The normalized spacial score (nSPS) is 23.4. The van der Waals surface area contributed by atoms with Crippen molar-refractivity contribution in [1.82, 2.24) is 9.21 Å². The van der Waals surface area contributed by atoms with Gasteiger partial charge in [0.05, 0.1) is 5.69 Å². The highest BCUT2D eigenvalue weighted by Crippen LogP contribution is 2.35. The van der Waals surface area contributed by atoms with Crippen LogP contribution in [0, 0.1) is 11.5 Å². The maximum atomic E-state index is 13.0. The van der Waals surface area contributed by atoms with E-state index in [1.54, 1.807) is 4.90 Å². The van der Waals surface area contributed by atoms with Crippen LogP contribution in [0.1, 0.15) is 12.0 Å². The molecule has 0 spiro atoms. The Morgan fingerprint density at radius 2 is 1.96 bits per heavy atom. The topological polar surface area (TPSA) is 50.6 Å². The summed E-state index contributed by atoms with van der Waals surface area (Å²) in [4.78, 5) is 1.75. The predicted octanol–water partition coefficient (Wildman–Crippen LogP) is 2.74. The molecule has 5 nitrogen and oxygen atoms in total. The summed E-state index contributed by atoms with van der Waals surface area (Å²) in [5.41, 5.74) is 4.49. The molecule has 0 aliphatic carbocycles. The fraction of sp³-hybridized carbons (Fsp3) is 0.316. The van der Waals surface area contributed by atoms with Gasteiger partial charge in [0, 0.05) is 32.7 Å². The zero-order chi connectivity index (χ0) is 17.4. The lowest BCUT2D eigenvalue weighted by atomic mass is 10.0. The molecule has 0 amide bonds. The van der Waals surface area contributed by atoms with Crippen molar-refractivity contribution < 1.29 is 4.21 Å². The number of benzene rings is 2. The fourth-order valence-corrected chi connectivity index (χ4v) is 4.92. The molecule has 2 aliphatic rings. The second-order valence-corrected chi connectivity index (χ2v) is 7.98. The largest absolute Gasteiger partial charge is 0.309 e. The standard InChI is InChI=1S/C19H20N4OS/c1-21-19-11-16(15-5-3-2-4-6-15)7-8-17(19)12-23(25(21)24)18-9-10-22(13-18)14-20/h2-8,11,18H,9-10,12-13H2,1H3. The highest BCUT2D eigenvalue weighted by Gasteiger charge is 2.36. The second kappa shape index (κ2) is 6.51. The average Bonchev–Trinajstić information content (AvgIpc) is 3.14. The number of fused-ring (bicyclic) bond motifs is 1. The Morgan fingerprint density at radius 3 is 2.68 bits per heavy atom. The molecule has 0 radical (unpaired) electrons. The molecular weight excluding hydrogens is 332 g/mol. The van der Waals surface area contributed by atoms with Crippen LogP contribution in [0.15, 0.2) is 48.5 Å². The molecule has 2 aromatic rings. The summed E-state index contributed by atoms with van der Waals surface area (Å²) < 4.78 is 16.8. The van der Waals surface area contributed by atoms with Crippen LogP contribution in [0.25, 0.3) is 11.1 Å². The lowest BCUT2D eigenvalue weighted by Crippen LogP contribution is -2.47. The van der Waals surface area contributed by atoms with Gasteiger partial charge in [0.1, 0.15) is 0 Å². The van der Waals surface area contributed by atoms with Crippen molar-refractivity contribution in [3.8, 4) is 17.3 Å². The summed E-state index contributed by atoms with van der Waals surface area (Å²) in [6, 6.07) is 16.8. The van der Waals surface area contributed by atoms with E-state index < -0.39 is 11.2 Å². The van der Waals surface area contributed by atoms with E-state index in [9.17, 15) is 4.21 Å². The van der Waals surface area contributed by atoms with Crippen molar-refractivity contribution >= 4 is 16.9 Å². The summed E-state index contributed by atoms with van der Waals surface area (Å²) in [6.45, 7) is 2.07. The second-order valence-electron chi connectivity index (χ2n) is 6.50. The Hall–Kier alpha value is -2.36. The van der Waals surface area contributed by atoms with Gasteiger partial charge in [-0.05, 0) is 29.2 Å². The van der Waals surface area contributed by atoms with E-state index in [0.29, 0.717) is 13.1 Å². The number of hydrogen-bond donors (Lipinski definition) is 0. The van der Waals surface area contributed by atoms with Crippen molar-refractivity contribution in [1.29, 1.82) is 5.26 Å². The van der Waals surface area contributed by atoms with Crippen LogP contribution in [-0.4, -0.2) is 39.6 Å². The summed E-state index contributed by atoms with van der Waals surface area (Å²) in [5, 5.41) is 9.07. The van der Waals surface area contributed by atoms with Gasteiger partial charge in [0.25, 0.3) is 0 Å². The maximum Gasteiger partial charge on any atom is 0.199 e. The summed E-state index contributed by atoms with van der Waals surface area (Å²) in [6.07, 6.45) is 3.08. The van der Waals surface area contributed by atoms with Gasteiger partial charge >= 0.3 is 0 Å². The first kappa shape index (κ1) is 16.1. The smallest absolute Gasteiger partial charge is 0.199 e. The van der Waals surface area contributed by atoms with Gasteiger partial charge in [-0.3, -0.25) is 4.31 Å². The van der Waals surface area contributed by atoms with Crippen LogP contribution in [0.2, 0.25) is 0 Å². The molecule has 1 saturated heterocycles. The van der Waals surface area contributed by atoms with Crippen molar-refractivity contribution in [2.24, 2.45) is 0 Å². The molecule has 2 heterocycles. The molecule has 128 valence electrons. The van der Waals surface area contributed by atoms with Gasteiger partial charge in [-0.2, -0.15) is 9.57 Å². The molecule has 4 rings (SSSR count). The first-order valence-electron chi connectivity index (χ1n) is 8.43. The summed E-state index contributed by atoms with van der Waals surface area (Å²) in [7, 11) is 1.88. The highest BCUT2D eigenvalue weighted by molar-refractivity contribution is 7.84. The summed E-state index contributed by atoms with van der Waals surface area (Å²) in [5.74, 6) is 0. The molecular formula is C19H20N4OS. The van der Waals surface area contributed by atoms with E-state index in [2.05, 4.69) is 36.5 Å². The molecule has 2 aliphatic heterocycles. The molecule has 0 bridgehead atoms. The number of rotatable bonds is 2. The van der Waals surface area contributed by atoms with Crippen molar-refractivity contribution in [3.05, 3.63) is 54.1 Å². The first-order valence-corrected chi connectivity index (χ1v) is 9.49. The molecule has 0 saturated carbocycles. The van der Waals surface area contributed by atoms with Crippen molar-refractivity contribution in [2.45, 2.75) is 19.0 Å². The molecule has 0 N–H and O–H groups in total. The maximum absolute atomic E-state index is 13.0. The van der Waals surface area contributed by atoms with E-state index >= 15 is 0 Å². The van der Waals surface area contributed by atoms with Gasteiger partial charge < -0.3 is 4.90 Å². The van der Waals surface area contributed by atoms with Crippen LogP contribution in [0.4, 0.5) is 5.69 Å². The van der Waals surface area contributed by atoms with Crippen LogP contribution >= 0.6 is 0 Å². The van der Waals surface area contributed by atoms with E-state index in [0.717, 1.165) is 29.8 Å². The minimum Gasteiger partial charge on any atom is -0.309 e. The lowest BCUT2D eigenvalue weighted by Gasteiger charge is -2.37. The van der Waals surface area contributed by atoms with Gasteiger partial charge in [0.2, 0.25) is 0 Å². The van der Waals surface area contributed by atoms with Crippen LogP contribution in [0.5, 0.6) is 0 Å². The van der Waals surface area contributed by atoms with E-state index in [1.807, 2.05) is 33.9 Å². The zero-order valence-corrected chi connectivity index (χ0v) is 14.9.